The third-order valence-electron chi connectivity index (χ3n) is 3.69. The van der Waals surface area contributed by atoms with Crippen LogP contribution in [0.4, 0.5) is 0 Å². The fraction of sp³-hybridized carbons (Fsp3) is 0.429. The monoisotopic (exact) mass is 306 g/mol. The van der Waals surface area contributed by atoms with Gasteiger partial charge in [0, 0.05) is 26.1 Å². The zero-order chi connectivity index (χ0) is 14.9. The molecule has 21 heavy (non-hydrogen) atoms. The first-order chi connectivity index (χ1) is 10.1. The number of rotatable bonds is 4. The lowest BCUT2D eigenvalue weighted by molar-refractivity contribution is 0.492. The number of benzene rings is 1. The second-order valence-corrected chi connectivity index (χ2v) is 7.31. The highest BCUT2D eigenvalue weighted by Crippen LogP contribution is 2.31. The van der Waals surface area contributed by atoms with Crippen LogP contribution in [0.2, 0.25) is 0 Å². The van der Waals surface area contributed by atoms with E-state index in [4.69, 9.17) is 0 Å². The second kappa shape index (κ2) is 5.57. The number of nitrogens with one attached hydrogen (secondary N) is 1. The first-order valence-corrected chi connectivity index (χ1v) is 8.61. The minimum absolute atomic E-state index is 0.0773. The molecule has 1 atom stereocenters. The zero-order valence-corrected chi connectivity index (χ0v) is 12.7. The van der Waals surface area contributed by atoms with Crippen molar-refractivity contribution in [2.75, 3.05) is 12.3 Å². The number of aromatic nitrogens is 3. The fourth-order valence-corrected chi connectivity index (χ4v) is 4.28. The summed E-state index contributed by atoms with van der Waals surface area (Å²) in [5.41, 5.74) is 0.873. The molecule has 0 saturated carbocycles. The highest BCUT2D eigenvalue weighted by molar-refractivity contribution is 7.91. The Morgan fingerprint density at radius 2 is 2.19 bits per heavy atom. The van der Waals surface area contributed by atoms with Crippen LogP contribution in [0.5, 0.6) is 0 Å². The Hall–Kier alpha value is -1.73. The molecule has 0 amide bonds. The van der Waals surface area contributed by atoms with Gasteiger partial charge in [-0.15, -0.1) is 0 Å². The van der Waals surface area contributed by atoms with Crippen molar-refractivity contribution >= 4 is 9.84 Å². The molecule has 1 aliphatic rings. The van der Waals surface area contributed by atoms with Crippen LogP contribution in [-0.2, 0) is 23.3 Å². The van der Waals surface area contributed by atoms with E-state index in [1.807, 2.05) is 19.2 Å². The average Bonchev–Trinajstić information content (AvgIpc) is 2.87. The highest BCUT2D eigenvalue weighted by atomic mass is 32.2. The lowest BCUT2D eigenvalue weighted by atomic mass is 10.0. The quantitative estimate of drug-likeness (QED) is 0.907. The van der Waals surface area contributed by atoms with Crippen molar-refractivity contribution in [2.45, 2.75) is 23.8 Å². The average molecular weight is 306 g/mol. The molecule has 1 aromatic heterocycles. The summed E-state index contributed by atoms with van der Waals surface area (Å²) in [5.74, 6) is 0.991. The highest BCUT2D eigenvalue weighted by Gasteiger charge is 2.29. The molecule has 0 radical (unpaired) electrons. The van der Waals surface area contributed by atoms with Gasteiger partial charge in [0.15, 0.2) is 15.7 Å². The predicted octanol–water partition coefficient (Wildman–Crippen LogP) is 0.866. The number of hydrogen-bond acceptors (Lipinski definition) is 5. The van der Waals surface area contributed by atoms with E-state index in [0.29, 0.717) is 11.3 Å². The Bertz CT molecular complexity index is 739. The summed E-state index contributed by atoms with van der Waals surface area (Å²) in [6, 6.07) is 7.32. The van der Waals surface area contributed by atoms with Gasteiger partial charge in [-0.3, -0.25) is 4.68 Å². The van der Waals surface area contributed by atoms with E-state index in [1.165, 1.54) is 0 Å². The molecule has 6 nitrogen and oxygen atoms in total. The Labute approximate surface area is 124 Å². The molecule has 7 heteroatoms. The molecule has 1 N–H and O–H groups in total. The summed E-state index contributed by atoms with van der Waals surface area (Å²) in [6.07, 6.45) is 3.01. The van der Waals surface area contributed by atoms with Gasteiger partial charge in [0.2, 0.25) is 0 Å². The van der Waals surface area contributed by atoms with Gasteiger partial charge in [-0.25, -0.2) is 13.4 Å². The van der Waals surface area contributed by atoms with Crippen LogP contribution < -0.4 is 5.32 Å². The van der Waals surface area contributed by atoms with Gasteiger partial charge < -0.3 is 5.32 Å². The van der Waals surface area contributed by atoms with Gasteiger partial charge in [0.05, 0.1) is 10.6 Å². The summed E-state index contributed by atoms with van der Waals surface area (Å²) in [6.45, 7) is 0.725. The van der Waals surface area contributed by atoms with E-state index in [2.05, 4.69) is 15.4 Å². The molecule has 1 unspecified atom stereocenters. The maximum atomic E-state index is 12.1. The largest absolute Gasteiger partial charge is 0.309 e. The number of fused-ring (bicyclic) bond motifs is 1. The molecule has 2 aromatic rings. The predicted molar refractivity (Wildman–Crippen MR) is 78.6 cm³/mol. The second-order valence-electron chi connectivity index (χ2n) is 5.24. The van der Waals surface area contributed by atoms with Crippen LogP contribution in [0.3, 0.4) is 0 Å². The van der Waals surface area contributed by atoms with Gasteiger partial charge in [0.1, 0.15) is 6.33 Å². The first-order valence-electron chi connectivity index (χ1n) is 6.96. The Kier molecular flexibility index (Phi) is 3.77. The Morgan fingerprint density at radius 3 is 2.95 bits per heavy atom. The van der Waals surface area contributed by atoms with Gasteiger partial charge in [0.25, 0.3) is 0 Å². The molecule has 0 saturated heterocycles. The maximum absolute atomic E-state index is 12.1. The third kappa shape index (κ3) is 2.98. The summed E-state index contributed by atoms with van der Waals surface area (Å²) in [7, 11) is -1.28. The van der Waals surface area contributed by atoms with Crippen LogP contribution in [0.25, 0.3) is 0 Å². The standard InChI is InChI=1S/C14H18N4O2S/c1-18-10-16-14(17-18)6-8-15-12-7-9-21(19,20)13-5-3-2-4-11(12)13/h2-5,10,12,15H,6-9H2,1H3. The number of aryl methyl sites for hydroxylation is 1. The third-order valence-corrected chi connectivity index (χ3v) is 5.51. The number of sulfone groups is 1. The van der Waals surface area contributed by atoms with E-state index in [-0.39, 0.29) is 11.8 Å². The van der Waals surface area contributed by atoms with Crippen LogP contribution in [0.15, 0.2) is 35.5 Å². The molecule has 0 fully saturated rings. The summed E-state index contributed by atoms with van der Waals surface area (Å²) in [5, 5.41) is 7.65. The minimum Gasteiger partial charge on any atom is -0.309 e. The van der Waals surface area contributed by atoms with Gasteiger partial charge in [-0.05, 0) is 18.1 Å². The van der Waals surface area contributed by atoms with Crippen molar-refractivity contribution in [2.24, 2.45) is 7.05 Å². The van der Waals surface area contributed by atoms with Gasteiger partial charge in [-0.2, -0.15) is 5.10 Å². The fourth-order valence-electron chi connectivity index (χ4n) is 2.66. The van der Waals surface area contributed by atoms with Crippen molar-refractivity contribution in [3.63, 3.8) is 0 Å². The van der Waals surface area contributed by atoms with Crippen LogP contribution >= 0.6 is 0 Å². The Balaban J connectivity index is 1.69. The van der Waals surface area contributed by atoms with E-state index in [1.54, 1.807) is 23.1 Å². The molecule has 3 rings (SSSR count). The summed E-state index contributed by atoms with van der Waals surface area (Å²) >= 11 is 0. The van der Waals surface area contributed by atoms with Gasteiger partial charge in [-0.1, -0.05) is 18.2 Å². The lowest BCUT2D eigenvalue weighted by Crippen LogP contribution is -2.31. The van der Waals surface area contributed by atoms with Crippen LogP contribution in [0.1, 0.15) is 23.9 Å². The maximum Gasteiger partial charge on any atom is 0.178 e. The van der Waals surface area contributed by atoms with Crippen molar-refractivity contribution in [3.05, 3.63) is 42.0 Å². The zero-order valence-electron chi connectivity index (χ0n) is 11.9. The van der Waals surface area contributed by atoms with Crippen LogP contribution in [0, 0.1) is 0 Å². The molecule has 1 aliphatic heterocycles. The lowest BCUT2D eigenvalue weighted by Gasteiger charge is -2.26. The molecule has 1 aromatic carbocycles. The molecule has 2 heterocycles. The molecule has 0 aliphatic carbocycles. The minimum atomic E-state index is -3.12. The summed E-state index contributed by atoms with van der Waals surface area (Å²) in [4.78, 5) is 4.64. The number of hydrogen-bond donors (Lipinski definition) is 1. The van der Waals surface area contributed by atoms with E-state index < -0.39 is 9.84 Å². The van der Waals surface area contributed by atoms with Crippen molar-refractivity contribution in [1.29, 1.82) is 0 Å². The van der Waals surface area contributed by atoms with E-state index >= 15 is 0 Å². The van der Waals surface area contributed by atoms with Gasteiger partial charge >= 0.3 is 0 Å². The smallest absolute Gasteiger partial charge is 0.178 e. The van der Waals surface area contributed by atoms with Crippen molar-refractivity contribution in [3.8, 4) is 0 Å². The van der Waals surface area contributed by atoms with E-state index in [9.17, 15) is 8.42 Å². The SMILES string of the molecule is Cn1cnc(CCNC2CCS(=O)(=O)c3ccccc32)n1. The molecule has 112 valence electrons. The number of nitrogens with zero attached hydrogens (tertiary/aromatic N) is 3. The normalized spacial score (nSPS) is 20.1. The first kappa shape index (κ1) is 14.2. The van der Waals surface area contributed by atoms with Crippen molar-refractivity contribution < 1.29 is 8.42 Å². The molecule has 0 spiro atoms. The molecular formula is C14H18N4O2S. The summed E-state index contributed by atoms with van der Waals surface area (Å²) < 4.78 is 25.8. The van der Waals surface area contributed by atoms with Crippen molar-refractivity contribution in [1.82, 2.24) is 20.1 Å². The topological polar surface area (TPSA) is 76.9 Å². The molecular weight excluding hydrogens is 288 g/mol. The molecule has 0 bridgehead atoms. The van der Waals surface area contributed by atoms with E-state index in [0.717, 1.165) is 24.4 Å². The Morgan fingerprint density at radius 1 is 1.38 bits per heavy atom. The van der Waals surface area contributed by atoms with Crippen LogP contribution in [-0.4, -0.2) is 35.5 Å².